The van der Waals surface area contributed by atoms with Crippen LogP contribution >= 0.6 is 0 Å². The Morgan fingerprint density at radius 3 is 2.61 bits per heavy atom. The van der Waals surface area contributed by atoms with Crippen molar-refractivity contribution < 1.29 is 14.7 Å². The van der Waals surface area contributed by atoms with Gasteiger partial charge in [0, 0.05) is 19.2 Å². The number of aromatic nitrogens is 1. The Hall–Kier alpha value is -1.91. The van der Waals surface area contributed by atoms with Crippen molar-refractivity contribution in [3.63, 3.8) is 0 Å². The fraction of sp³-hybridized carbons (Fsp3) is 0.462. The number of carbonyl (C=O) groups is 2. The van der Waals surface area contributed by atoms with E-state index < -0.39 is 11.9 Å². The van der Waals surface area contributed by atoms with Crippen LogP contribution in [0.3, 0.4) is 0 Å². The van der Waals surface area contributed by atoms with Crippen LogP contribution < -0.4 is 5.32 Å². The first kappa shape index (κ1) is 14.2. The Labute approximate surface area is 106 Å². The standard InChI is InChI=1S/C13H18N2O3/c1-9(2)8-15-12(16)7-10(13(17)18)11-5-3-4-6-14-11/h3-6,9-10H,7-8H2,1-2H3,(H,15,16)(H,17,18). The summed E-state index contributed by atoms with van der Waals surface area (Å²) in [5.41, 5.74) is 0.407. The number of carbonyl (C=O) groups excluding carboxylic acids is 1. The number of nitrogens with one attached hydrogen (secondary N) is 1. The SMILES string of the molecule is CC(C)CNC(=O)CC(C(=O)O)c1ccccn1. The van der Waals surface area contributed by atoms with E-state index >= 15 is 0 Å². The van der Waals surface area contributed by atoms with E-state index in [0.717, 1.165) is 0 Å². The van der Waals surface area contributed by atoms with Gasteiger partial charge in [-0.15, -0.1) is 0 Å². The van der Waals surface area contributed by atoms with Gasteiger partial charge in [0.25, 0.3) is 0 Å². The number of rotatable bonds is 6. The molecule has 18 heavy (non-hydrogen) atoms. The van der Waals surface area contributed by atoms with Crippen LogP contribution in [0.1, 0.15) is 31.9 Å². The zero-order valence-corrected chi connectivity index (χ0v) is 10.6. The molecule has 0 aliphatic rings. The van der Waals surface area contributed by atoms with Crippen LogP contribution in [0.25, 0.3) is 0 Å². The predicted molar refractivity (Wildman–Crippen MR) is 67.1 cm³/mol. The summed E-state index contributed by atoms with van der Waals surface area (Å²) in [5, 5.41) is 11.8. The van der Waals surface area contributed by atoms with E-state index in [0.29, 0.717) is 18.2 Å². The van der Waals surface area contributed by atoms with E-state index in [1.54, 1.807) is 18.2 Å². The van der Waals surface area contributed by atoms with Gasteiger partial charge in [-0.25, -0.2) is 0 Å². The second-order valence-corrected chi connectivity index (χ2v) is 4.55. The Morgan fingerprint density at radius 1 is 1.39 bits per heavy atom. The van der Waals surface area contributed by atoms with Crippen molar-refractivity contribution in [2.45, 2.75) is 26.2 Å². The molecule has 0 aromatic carbocycles. The first-order chi connectivity index (χ1) is 8.50. The maximum atomic E-state index is 11.6. The Kier molecular flexibility index (Phi) is 5.30. The van der Waals surface area contributed by atoms with E-state index in [9.17, 15) is 9.59 Å². The summed E-state index contributed by atoms with van der Waals surface area (Å²) in [7, 11) is 0. The van der Waals surface area contributed by atoms with E-state index in [1.165, 1.54) is 6.20 Å². The van der Waals surface area contributed by atoms with Gasteiger partial charge in [-0.05, 0) is 18.1 Å². The maximum absolute atomic E-state index is 11.6. The second kappa shape index (κ2) is 6.74. The van der Waals surface area contributed by atoms with Gasteiger partial charge >= 0.3 is 5.97 Å². The molecule has 1 rings (SSSR count). The lowest BCUT2D eigenvalue weighted by atomic mass is 10.0. The summed E-state index contributed by atoms with van der Waals surface area (Å²) in [6.07, 6.45) is 1.44. The van der Waals surface area contributed by atoms with E-state index in [4.69, 9.17) is 5.11 Å². The molecule has 0 radical (unpaired) electrons. The van der Waals surface area contributed by atoms with Crippen molar-refractivity contribution in [1.29, 1.82) is 0 Å². The molecule has 1 aromatic rings. The molecule has 5 heteroatoms. The molecule has 98 valence electrons. The second-order valence-electron chi connectivity index (χ2n) is 4.55. The number of carboxylic acids is 1. The first-order valence-corrected chi connectivity index (χ1v) is 5.91. The highest BCUT2D eigenvalue weighted by molar-refractivity contribution is 5.85. The molecule has 0 spiro atoms. The Balaban J connectivity index is 2.65. The van der Waals surface area contributed by atoms with Gasteiger partial charge in [0.05, 0.1) is 5.69 Å². The third kappa shape index (κ3) is 4.53. The molecule has 0 aliphatic heterocycles. The van der Waals surface area contributed by atoms with Gasteiger partial charge < -0.3 is 10.4 Å². The fourth-order valence-corrected chi connectivity index (χ4v) is 1.48. The van der Waals surface area contributed by atoms with Crippen LogP contribution in [0.4, 0.5) is 0 Å². The summed E-state index contributed by atoms with van der Waals surface area (Å²) in [4.78, 5) is 26.8. The summed E-state index contributed by atoms with van der Waals surface area (Å²) >= 11 is 0. The lowest BCUT2D eigenvalue weighted by molar-refractivity contribution is -0.141. The molecule has 0 saturated heterocycles. The number of hydrogen-bond donors (Lipinski definition) is 2. The minimum Gasteiger partial charge on any atom is -0.481 e. The summed E-state index contributed by atoms with van der Waals surface area (Å²) in [6.45, 7) is 4.51. The molecule has 0 saturated carbocycles. The van der Waals surface area contributed by atoms with Crippen molar-refractivity contribution in [3.8, 4) is 0 Å². The summed E-state index contributed by atoms with van der Waals surface area (Å²) < 4.78 is 0. The molecule has 1 atom stereocenters. The monoisotopic (exact) mass is 250 g/mol. The number of carboxylic acid groups (broad SMARTS) is 1. The third-order valence-corrected chi connectivity index (χ3v) is 2.44. The van der Waals surface area contributed by atoms with Crippen LogP contribution in [0.15, 0.2) is 24.4 Å². The quantitative estimate of drug-likeness (QED) is 0.800. The average molecular weight is 250 g/mol. The molecule has 5 nitrogen and oxygen atoms in total. The first-order valence-electron chi connectivity index (χ1n) is 5.91. The lowest BCUT2D eigenvalue weighted by Gasteiger charge is -2.12. The van der Waals surface area contributed by atoms with Gasteiger partial charge in [-0.3, -0.25) is 14.6 Å². The molecule has 1 unspecified atom stereocenters. The topological polar surface area (TPSA) is 79.3 Å². The van der Waals surface area contributed by atoms with Crippen LogP contribution in [-0.2, 0) is 9.59 Å². The number of nitrogens with zero attached hydrogens (tertiary/aromatic N) is 1. The third-order valence-electron chi connectivity index (χ3n) is 2.44. The van der Waals surface area contributed by atoms with Crippen LogP contribution in [0, 0.1) is 5.92 Å². The molecule has 1 heterocycles. The smallest absolute Gasteiger partial charge is 0.313 e. The number of pyridine rings is 1. The average Bonchev–Trinajstić information content (AvgIpc) is 2.34. The van der Waals surface area contributed by atoms with Crippen molar-refractivity contribution >= 4 is 11.9 Å². The van der Waals surface area contributed by atoms with Gasteiger partial charge in [-0.2, -0.15) is 0 Å². The molecular weight excluding hydrogens is 232 g/mol. The Morgan fingerprint density at radius 2 is 2.11 bits per heavy atom. The minimum atomic E-state index is -1.03. The highest BCUT2D eigenvalue weighted by Gasteiger charge is 2.24. The van der Waals surface area contributed by atoms with Crippen LogP contribution in [0.5, 0.6) is 0 Å². The number of amides is 1. The number of hydrogen-bond acceptors (Lipinski definition) is 3. The van der Waals surface area contributed by atoms with Crippen molar-refractivity contribution in [2.75, 3.05) is 6.54 Å². The summed E-state index contributed by atoms with van der Waals surface area (Å²) in [5.74, 6) is -1.85. The normalized spacial score (nSPS) is 12.2. The molecule has 1 aromatic heterocycles. The van der Waals surface area contributed by atoms with Crippen LogP contribution in [-0.4, -0.2) is 28.5 Å². The van der Waals surface area contributed by atoms with Crippen molar-refractivity contribution in [3.05, 3.63) is 30.1 Å². The highest BCUT2D eigenvalue weighted by Crippen LogP contribution is 2.17. The molecular formula is C13H18N2O3. The fourth-order valence-electron chi connectivity index (χ4n) is 1.48. The zero-order chi connectivity index (χ0) is 13.5. The lowest BCUT2D eigenvalue weighted by Crippen LogP contribution is -2.30. The Bertz CT molecular complexity index is 404. The molecule has 2 N–H and O–H groups in total. The zero-order valence-electron chi connectivity index (χ0n) is 10.6. The van der Waals surface area contributed by atoms with E-state index in [-0.39, 0.29) is 12.3 Å². The van der Waals surface area contributed by atoms with Gasteiger partial charge in [0.1, 0.15) is 5.92 Å². The predicted octanol–water partition coefficient (Wildman–Crippen LogP) is 1.41. The highest BCUT2D eigenvalue weighted by atomic mass is 16.4. The summed E-state index contributed by atoms with van der Waals surface area (Å²) in [6, 6.07) is 5.04. The molecule has 0 bridgehead atoms. The van der Waals surface area contributed by atoms with Crippen LogP contribution in [0.2, 0.25) is 0 Å². The molecule has 1 amide bonds. The largest absolute Gasteiger partial charge is 0.481 e. The van der Waals surface area contributed by atoms with Gasteiger partial charge in [0.15, 0.2) is 0 Å². The van der Waals surface area contributed by atoms with E-state index in [2.05, 4.69) is 10.3 Å². The minimum absolute atomic E-state index is 0.0843. The van der Waals surface area contributed by atoms with E-state index in [1.807, 2.05) is 13.8 Å². The van der Waals surface area contributed by atoms with Gasteiger partial charge in [-0.1, -0.05) is 19.9 Å². The van der Waals surface area contributed by atoms with Crippen molar-refractivity contribution in [2.24, 2.45) is 5.92 Å². The molecule has 0 aliphatic carbocycles. The van der Waals surface area contributed by atoms with Gasteiger partial charge in [0.2, 0.25) is 5.91 Å². The number of aliphatic carboxylic acids is 1. The molecule has 0 fully saturated rings. The van der Waals surface area contributed by atoms with Crippen molar-refractivity contribution in [1.82, 2.24) is 10.3 Å². The maximum Gasteiger partial charge on any atom is 0.313 e.